The van der Waals surface area contributed by atoms with Crippen LogP contribution in [-0.2, 0) is 31.2 Å². The predicted octanol–water partition coefficient (Wildman–Crippen LogP) is 5.26. The molecule has 0 spiro atoms. The maximum absolute atomic E-state index is 13.2. The summed E-state index contributed by atoms with van der Waals surface area (Å²) in [4.78, 5) is 40.8. The first kappa shape index (κ1) is 41.2. The van der Waals surface area contributed by atoms with Crippen LogP contribution >= 0.6 is 0 Å². The number of hydrogen-bond acceptors (Lipinski definition) is 6. The Hall–Kier alpha value is -1.24. The maximum atomic E-state index is 13.2. The van der Waals surface area contributed by atoms with Gasteiger partial charge in [-0.1, -0.05) is 34.6 Å². The molecule has 0 radical (unpaired) electrons. The molecule has 1 amide bonds. The van der Waals surface area contributed by atoms with Gasteiger partial charge in [-0.15, -0.1) is 6.54 Å². The molecule has 4 rings (SSSR count). The van der Waals surface area contributed by atoms with Crippen LogP contribution in [0, 0.1) is 46.3 Å². The van der Waals surface area contributed by atoms with Crippen molar-refractivity contribution >= 4 is 17.8 Å². The van der Waals surface area contributed by atoms with Gasteiger partial charge in [-0.3, -0.25) is 19.3 Å². The number of fused-ring (bicyclic) bond motifs is 5. The molecule has 0 heterocycles. The number of carbonyl (C=O) groups excluding carboxylic acids is 1. The van der Waals surface area contributed by atoms with Crippen molar-refractivity contribution in [3.05, 3.63) is 5.73 Å². The van der Waals surface area contributed by atoms with Crippen LogP contribution in [0.5, 0.6) is 0 Å². The van der Waals surface area contributed by atoms with E-state index in [1.807, 2.05) is 4.90 Å². The summed E-state index contributed by atoms with van der Waals surface area (Å²) < 4.78 is 0. The van der Waals surface area contributed by atoms with Gasteiger partial charge >= 0.3 is 28.7 Å². The molecule has 0 aliphatic heterocycles. The minimum atomic E-state index is -0.926. The van der Waals surface area contributed by atoms with Crippen LogP contribution in [-0.4, -0.2) is 100 Å². The van der Waals surface area contributed by atoms with Crippen LogP contribution in [0.4, 0.5) is 0 Å². The van der Waals surface area contributed by atoms with Crippen molar-refractivity contribution in [1.29, 1.82) is 0 Å². The van der Waals surface area contributed by atoms with Crippen molar-refractivity contribution in [3.8, 4) is 0 Å². The van der Waals surface area contributed by atoms with Crippen LogP contribution < -0.4 is 5.32 Å². The molecule has 4 aliphatic carbocycles. The molecule has 279 valence electrons. The van der Waals surface area contributed by atoms with Crippen LogP contribution in [0.2, 0.25) is 0 Å². The van der Waals surface area contributed by atoms with Crippen molar-refractivity contribution in [3.63, 3.8) is 0 Å². The van der Waals surface area contributed by atoms with Gasteiger partial charge in [0.1, 0.15) is 6.04 Å². The zero-order chi connectivity index (χ0) is 34.5. The van der Waals surface area contributed by atoms with E-state index in [0.717, 1.165) is 71.0 Å². The predicted molar refractivity (Wildman–Crippen MR) is 185 cm³/mol. The van der Waals surface area contributed by atoms with Gasteiger partial charge in [0.05, 0.1) is 6.10 Å². The Bertz CT molecular complexity index is 1080. The standard InChI is InChI=1S/C37H65N4O6.Co.H/c1-6-40(7-2)20-21-41(19-18-38)31(35(46)47)13-14-33(43)39-26-16-17-36(4)25(22-26)9-10-27-29-12-11-28(24(3)8-15-34(44)45)37(29,5)32(42)23-30(27)36;;/h24-32,38,42H,6-23H2,1-5H3,(H,39,43)(H,44,45)(H,46,47);;/q-1;+1;/t24?,25-,26+,27?,28-,29?,30?,31+,32+,36+,37-;;/m1../s1. The fourth-order valence-corrected chi connectivity index (χ4v) is 11.3. The average molecular weight is 722 g/mol. The van der Waals surface area contributed by atoms with E-state index in [4.69, 9.17) is 5.73 Å². The fraction of sp³-hybridized carbons (Fsp3) is 0.919. The van der Waals surface area contributed by atoms with Crippen LogP contribution in [0.1, 0.15) is 112 Å². The second-order valence-electron chi connectivity index (χ2n) is 16.1. The molecular weight excluding hydrogens is 655 g/mol. The van der Waals surface area contributed by atoms with Gasteiger partial charge < -0.3 is 31.3 Å². The molecule has 4 unspecified atom stereocenters. The van der Waals surface area contributed by atoms with Crippen LogP contribution in [0.25, 0.3) is 5.73 Å². The summed E-state index contributed by atoms with van der Waals surface area (Å²) in [6.45, 7) is 14.7. The zero-order valence-electron chi connectivity index (χ0n) is 30.2. The molecular formula is C37H66CoN4O6. The van der Waals surface area contributed by atoms with Gasteiger partial charge in [-0.25, -0.2) is 0 Å². The number of amides is 1. The number of carboxylic acid groups (broad SMARTS) is 2. The van der Waals surface area contributed by atoms with Gasteiger partial charge in [0, 0.05) is 32.0 Å². The molecule has 0 aromatic rings. The fourth-order valence-electron chi connectivity index (χ4n) is 11.3. The molecule has 10 nitrogen and oxygen atoms in total. The topological polar surface area (TPSA) is 154 Å². The average Bonchev–Trinajstić information content (AvgIpc) is 3.39. The first-order chi connectivity index (χ1) is 22.3. The molecule has 11 heteroatoms. The molecule has 0 aromatic heterocycles. The van der Waals surface area contributed by atoms with Crippen molar-refractivity contribution in [2.24, 2.45) is 46.3 Å². The Kier molecular flexibility index (Phi) is 15.3. The van der Waals surface area contributed by atoms with E-state index in [9.17, 15) is 29.7 Å². The SMILES string of the molecule is CCN(CC)CCN(CC[NH-])[C@@H](CCC(=O)N[C@H]1CC[C@]2(C)C3C[C@H](O)[C@@]4(C)C(CC[C@@H]4C(C)CCC(=O)O)C3CC[C@@H]2C1)C(=O)O.[CoH+]. The number of likely N-dealkylation sites (N-methyl/N-ethyl adjacent to an activating group) is 1. The molecule has 48 heavy (non-hydrogen) atoms. The van der Waals surface area contributed by atoms with E-state index in [-0.39, 0.29) is 77.4 Å². The first-order valence-electron chi connectivity index (χ1n) is 18.8. The van der Waals surface area contributed by atoms with Crippen LogP contribution in [0.15, 0.2) is 0 Å². The molecule has 0 aromatic carbocycles. The van der Waals surface area contributed by atoms with E-state index >= 15 is 0 Å². The molecule has 4 aliphatic rings. The van der Waals surface area contributed by atoms with Crippen molar-refractivity contribution < 1.29 is 46.5 Å². The third-order valence-corrected chi connectivity index (χ3v) is 14.1. The summed E-state index contributed by atoms with van der Waals surface area (Å²) in [7, 11) is 0. The van der Waals surface area contributed by atoms with Crippen molar-refractivity contribution in [1.82, 2.24) is 15.1 Å². The van der Waals surface area contributed by atoms with Gasteiger partial charge in [0.25, 0.3) is 0 Å². The summed E-state index contributed by atoms with van der Waals surface area (Å²) in [5.74, 6) is 0.938. The van der Waals surface area contributed by atoms with E-state index in [1.54, 1.807) is 0 Å². The number of hydrogen-bond donors (Lipinski definition) is 4. The minimum absolute atomic E-state index is 0. The quantitative estimate of drug-likeness (QED) is 0.159. The zero-order valence-corrected chi connectivity index (χ0v) is 31.3. The molecule has 4 saturated carbocycles. The summed E-state index contributed by atoms with van der Waals surface area (Å²) in [6.07, 6.45) is 9.11. The van der Waals surface area contributed by atoms with E-state index in [2.05, 4.69) is 44.8 Å². The van der Waals surface area contributed by atoms with Crippen molar-refractivity contribution in [2.45, 2.75) is 130 Å². The van der Waals surface area contributed by atoms with Gasteiger partial charge in [-0.05, 0) is 130 Å². The number of nitrogens with one attached hydrogen (secondary N) is 2. The Labute approximate surface area is 299 Å². The Balaban J connectivity index is 0.00000625. The second-order valence-corrected chi connectivity index (χ2v) is 16.1. The molecule has 5 N–H and O–H groups in total. The van der Waals surface area contributed by atoms with Gasteiger partial charge in [0.15, 0.2) is 0 Å². The Morgan fingerprint density at radius 3 is 2.25 bits per heavy atom. The Morgan fingerprint density at radius 1 is 0.917 bits per heavy atom. The normalized spacial score (nSPS) is 35.6. The number of rotatable bonds is 17. The molecule has 4 fully saturated rings. The molecule has 0 bridgehead atoms. The summed E-state index contributed by atoms with van der Waals surface area (Å²) >= 11 is 0. The summed E-state index contributed by atoms with van der Waals surface area (Å²) in [6, 6.07) is -0.678. The van der Waals surface area contributed by atoms with Gasteiger partial charge in [-0.2, -0.15) is 0 Å². The molecule has 11 atom stereocenters. The van der Waals surface area contributed by atoms with Crippen molar-refractivity contribution in [2.75, 3.05) is 39.3 Å². The second kappa shape index (κ2) is 17.8. The number of carboxylic acids is 2. The third-order valence-electron chi connectivity index (χ3n) is 14.1. The van der Waals surface area contributed by atoms with E-state index < -0.39 is 18.0 Å². The number of aliphatic carboxylic acids is 2. The third kappa shape index (κ3) is 8.79. The number of carbonyl (C=O) groups is 3. The molecule has 0 saturated heterocycles. The summed E-state index contributed by atoms with van der Waals surface area (Å²) in [5.41, 5.74) is 7.71. The number of aliphatic hydroxyl groups is 1. The number of nitrogens with zero attached hydrogens (tertiary/aromatic N) is 2. The van der Waals surface area contributed by atoms with Crippen LogP contribution in [0.3, 0.4) is 0 Å². The Morgan fingerprint density at radius 2 is 1.62 bits per heavy atom. The number of aliphatic hydroxyl groups excluding tert-OH is 1. The van der Waals surface area contributed by atoms with E-state index in [0.29, 0.717) is 49.1 Å². The first-order valence-corrected chi connectivity index (χ1v) is 18.8. The van der Waals surface area contributed by atoms with E-state index in [1.165, 1.54) is 0 Å². The summed E-state index contributed by atoms with van der Waals surface area (Å²) in [5, 5.41) is 34.4. The van der Waals surface area contributed by atoms with Gasteiger partial charge in [0.2, 0.25) is 5.91 Å². The monoisotopic (exact) mass is 721 g/mol.